The van der Waals surface area contributed by atoms with Gasteiger partial charge in [0.05, 0.1) is 109 Å². The Morgan fingerprint density at radius 1 is 0.448 bits per heavy atom. The summed E-state index contributed by atoms with van der Waals surface area (Å²) in [4.78, 5) is 89.0. The largest absolute Gasteiger partial charge is 0.364 e. The number of nitriles is 3. The fourth-order valence-electron chi connectivity index (χ4n) is 10.6. The van der Waals surface area contributed by atoms with Crippen LogP contribution in [0.3, 0.4) is 0 Å². The number of benzene rings is 6. The Kier molecular flexibility index (Phi) is 25.4. The van der Waals surface area contributed by atoms with Crippen LogP contribution in [0.2, 0.25) is 0 Å². The van der Waals surface area contributed by atoms with Crippen LogP contribution in [0.4, 0.5) is 34.5 Å². The number of rotatable bonds is 31. The quantitative estimate of drug-likeness (QED) is 0.0149. The van der Waals surface area contributed by atoms with E-state index in [1.165, 1.54) is 0 Å². The number of aromatic nitrogens is 12. The standard InChI is InChI=1S/C26H29N9O3.C23H22N8O3.C22H20N8O3/c27-13-4-3-6-19(29)26(37)31-18-11-9-17(10-12-18)22(36)16-35-21-8-2-1-7-20(21)32-25(35)23-24(34-38-33-23)30-15-5-14-28;1-14(25)23(33)27-16-9-7-15(8-10-16)19(32)13-31-18-6-3-2-5-17(18)28-22(31)20-21(30-34-29-20)26-12-4-11-24;23-10-3-11-25-21-20(28-33-29-21)22-27-16-4-1-2-5-17(16)30(22)13-18(31)14-6-8-15(9-7-14)26-19(32)12-24/h1-2,7-12,19H,3-6,13,15-16,27,29H2,(H,30,34)(H,31,37);2-3,5-10,14H,4,12-13,25H2,1H3,(H,26,30)(H,27,33);1-2,4-9H,3,11-13,24H2,(H,25,29)(H,26,32)/t19-;14-;/m00./s1. The van der Waals surface area contributed by atoms with Crippen LogP contribution >= 0.6 is 0 Å². The van der Waals surface area contributed by atoms with Crippen LogP contribution in [-0.2, 0) is 34.0 Å². The Bertz CT molecular complexity index is 5150. The number of carbonyl (C=O) groups excluding carboxylic acids is 6. The number of nitrogens with zero attached hydrogens (tertiary/aromatic N) is 15. The van der Waals surface area contributed by atoms with Crippen molar-refractivity contribution in [3.05, 3.63) is 162 Å². The molecule has 6 aromatic heterocycles. The highest BCUT2D eigenvalue weighted by atomic mass is 16.6. The molecule has 6 aromatic carbocycles. The van der Waals surface area contributed by atoms with Crippen molar-refractivity contribution in [3.8, 4) is 52.8 Å². The summed E-state index contributed by atoms with van der Waals surface area (Å²) in [6, 6.07) is 47.0. The van der Waals surface area contributed by atoms with Crippen molar-refractivity contribution >= 4 is 103 Å². The van der Waals surface area contributed by atoms with Crippen LogP contribution in [0.15, 0.2) is 159 Å². The third kappa shape index (κ3) is 18.8. The summed E-state index contributed by atoms with van der Waals surface area (Å²) in [5.74, 6) is 0.862. The maximum absolute atomic E-state index is 13.3. The van der Waals surface area contributed by atoms with E-state index in [4.69, 9.17) is 52.6 Å². The van der Waals surface area contributed by atoms with Gasteiger partial charge in [0.15, 0.2) is 51.9 Å². The van der Waals surface area contributed by atoms with Gasteiger partial charge in [0.25, 0.3) is 0 Å². The molecular weight excluding hydrogens is 1350 g/mol. The van der Waals surface area contributed by atoms with Crippen LogP contribution in [0.1, 0.15) is 76.5 Å². The zero-order valence-corrected chi connectivity index (χ0v) is 56.6. The van der Waals surface area contributed by atoms with Crippen LogP contribution in [0.25, 0.3) is 67.7 Å². The average molecular weight is 1420 g/mol. The molecule has 3 amide bonds. The lowest BCUT2D eigenvalue weighted by Crippen LogP contribution is -2.35. The first kappa shape index (κ1) is 74.0. The number of ketones is 3. The van der Waals surface area contributed by atoms with Crippen LogP contribution < -0.4 is 54.8 Å². The average Bonchev–Trinajstić information content (AvgIpc) is 1.64. The fourth-order valence-corrected chi connectivity index (χ4v) is 10.6. The lowest BCUT2D eigenvalue weighted by atomic mass is 10.1. The molecule has 0 saturated carbocycles. The zero-order chi connectivity index (χ0) is 74.2. The number of imidazole rings is 3. The van der Waals surface area contributed by atoms with Crippen molar-refractivity contribution in [2.75, 3.05) is 64.6 Å². The lowest BCUT2D eigenvalue weighted by Gasteiger charge is -2.12. The Hall–Kier alpha value is -13.7. The number of nitrogens with one attached hydrogen (secondary N) is 6. The Labute approximate surface area is 598 Å². The van der Waals surface area contributed by atoms with E-state index in [9.17, 15) is 28.8 Å². The first-order valence-electron chi connectivity index (χ1n) is 33.0. The number of para-hydroxylation sites is 6. The number of hydrogen-bond donors (Lipinski definition) is 10. The maximum Gasteiger partial charge on any atom is 0.241 e. The van der Waals surface area contributed by atoms with Crippen LogP contribution in [0, 0.1) is 34.0 Å². The van der Waals surface area contributed by atoms with Crippen molar-refractivity contribution in [2.45, 2.75) is 77.2 Å². The molecule has 0 aliphatic heterocycles. The van der Waals surface area contributed by atoms with Crippen molar-refractivity contribution in [1.82, 2.24) is 59.6 Å². The number of hydrogen-bond acceptors (Lipinski definition) is 28. The first-order chi connectivity index (χ1) is 51.1. The van der Waals surface area contributed by atoms with Gasteiger partial charge in [0, 0.05) is 53.4 Å². The van der Waals surface area contributed by atoms with Gasteiger partial charge in [-0.2, -0.15) is 15.8 Å². The summed E-state index contributed by atoms with van der Waals surface area (Å²) in [5.41, 5.74) is 30.7. The van der Waals surface area contributed by atoms with Crippen LogP contribution in [0.5, 0.6) is 0 Å². The second-order valence-corrected chi connectivity index (χ2v) is 23.3. The van der Waals surface area contributed by atoms with E-state index in [-0.39, 0.29) is 80.5 Å². The lowest BCUT2D eigenvalue weighted by molar-refractivity contribution is -0.118. The monoisotopic (exact) mass is 1420 g/mol. The Morgan fingerprint density at radius 3 is 1.10 bits per heavy atom. The zero-order valence-electron chi connectivity index (χ0n) is 56.6. The van der Waals surface area contributed by atoms with Crippen LogP contribution in [-0.4, -0.2) is 139 Å². The molecule has 12 aromatic rings. The molecule has 34 heteroatoms. The topological polar surface area (TPSA) is 520 Å². The van der Waals surface area contributed by atoms with Gasteiger partial charge in [-0.05, 0) is 166 Å². The highest BCUT2D eigenvalue weighted by molar-refractivity contribution is 6.02. The molecule has 0 radical (unpaired) electrons. The highest BCUT2D eigenvalue weighted by Gasteiger charge is 2.27. The Balaban J connectivity index is 0.000000169. The summed E-state index contributed by atoms with van der Waals surface area (Å²) in [7, 11) is 0. The summed E-state index contributed by atoms with van der Waals surface area (Å²) in [6.07, 6.45) is 2.99. The first-order valence-corrected chi connectivity index (χ1v) is 33.0. The predicted molar refractivity (Wildman–Crippen MR) is 387 cm³/mol. The third-order valence-electron chi connectivity index (χ3n) is 15.9. The van der Waals surface area contributed by atoms with Crippen molar-refractivity contribution in [3.63, 3.8) is 0 Å². The molecule has 0 fully saturated rings. The van der Waals surface area contributed by atoms with Gasteiger partial charge in [-0.15, -0.1) is 0 Å². The molecule has 105 heavy (non-hydrogen) atoms. The highest BCUT2D eigenvalue weighted by Crippen LogP contribution is 2.32. The SMILES string of the molecule is C[C@H](N)C(=O)Nc1ccc(C(=O)Cn2c(-c3nonc3NCCC#N)nc3ccccc32)cc1.N#CCCNc1nonc1-c1nc2ccccc2n1CC(=O)c1ccc(NC(=O)CN)cc1.N#CCCNc1nonc1-c1nc2ccccc2n1CC(=O)c1ccc(NC(=O)[C@@H](N)CCCCN)cc1. The summed E-state index contributed by atoms with van der Waals surface area (Å²) >= 11 is 0. The molecule has 0 aliphatic rings. The van der Waals surface area contributed by atoms with Gasteiger partial charge in [0.2, 0.25) is 35.2 Å². The number of anilines is 6. The minimum atomic E-state index is -0.639. The van der Waals surface area contributed by atoms with E-state index in [0.717, 1.165) is 29.4 Å². The molecule has 0 saturated heterocycles. The number of Topliss-reactive ketones (excluding diaryl/α,β-unsaturated/α-hetero) is 3. The molecule has 6 heterocycles. The van der Waals surface area contributed by atoms with Crippen molar-refractivity contribution in [1.29, 1.82) is 15.8 Å². The minimum Gasteiger partial charge on any atom is -0.364 e. The van der Waals surface area contributed by atoms with Gasteiger partial charge in [0.1, 0.15) is 0 Å². The number of amides is 3. The molecule has 0 spiro atoms. The molecule has 2 atom stereocenters. The molecule has 0 aliphatic carbocycles. The minimum absolute atomic E-state index is 0.00511. The summed E-state index contributed by atoms with van der Waals surface area (Å²) < 4.78 is 20.0. The third-order valence-corrected chi connectivity index (χ3v) is 15.9. The summed E-state index contributed by atoms with van der Waals surface area (Å²) in [5, 5.41) is 67.1. The maximum atomic E-state index is 13.3. The molecular formula is C71H71N25O9. The number of nitrogens with two attached hydrogens (primary N) is 4. The van der Waals surface area contributed by atoms with E-state index in [2.05, 4.69) is 89.9 Å². The predicted octanol–water partition coefficient (Wildman–Crippen LogP) is 7.46. The number of fused-ring (bicyclic) bond motifs is 3. The molecule has 0 unspecified atom stereocenters. The normalized spacial score (nSPS) is 11.4. The molecule has 34 nitrogen and oxygen atoms in total. The summed E-state index contributed by atoms with van der Waals surface area (Å²) in [6.45, 7) is 3.09. The molecule has 14 N–H and O–H groups in total. The van der Waals surface area contributed by atoms with E-state index in [0.29, 0.717) is 135 Å². The second kappa shape index (κ2) is 36.1. The van der Waals surface area contributed by atoms with Gasteiger partial charge >= 0.3 is 0 Å². The number of unbranched alkanes of at least 4 members (excludes halogenated alkanes) is 1. The van der Waals surface area contributed by atoms with E-state index in [1.54, 1.807) is 93.4 Å². The van der Waals surface area contributed by atoms with Gasteiger partial charge < -0.3 is 68.5 Å². The molecule has 0 bridgehead atoms. The molecule has 534 valence electrons. The van der Waals surface area contributed by atoms with E-state index < -0.39 is 12.1 Å². The van der Waals surface area contributed by atoms with E-state index >= 15 is 0 Å². The van der Waals surface area contributed by atoms with Crippen molar-refractivity contribution in [2.24, 2.45) is 22.9 Å². The van der Waals surface area contributed by atoms with Gasteiger partial charge in [-0.1, -0.05) is 42.8 Å². The second-order valence-electron chi connectivity index (χ2n) is 23.3. The number of carbonyl (C=O) groups is 6. The molecule has 12 rings (SSSR count). The smallest absolute Gasteiger partial charge is 0.241 e. The van der Waals surface area contributed by atoms with Gasteiger partial charge in [-0.3, -0.25) is 28.8 Å². The Morgan fingerprint density at radius 2 is 0.781 bits per heavy atom. The van der Waals surface area contributed by atoms with E-state index in [1.807, 2.05) is 78.9 Å². The fraction of sp³-hybridized carbons (Fsp3) is 0.239. The van der Waals surface area contributed by atoms with Gasteiger partial charge in [-0.25, -0.2) is 28.8 Å². The van der Waals surface area contributed by atoms with Crippen molar-refractivity contribution < 1.29 is 42.7 Å².